The van der Waals surface area contributed by atoms with Gasteiger partial charge in [0.25, 0.3) is 0 Å². The fourth-order valence-electron chi connectivity index (χ4n) is 2.84. The van der Waals surface area contributed by atoms with E-state index in [1.807, 2.05) is 0 Å². The molecule has 0 radical (unpaired) electrons. The van der Waals surface area contributed by atoms with Gasteiger partial charge in [-0.05, 0) is 24.3 Å². The Morgan fingerprint density at radius 3 is 1.69 bits per heavy atom. The monoisotopic (exact) mass is 358 g/mol. The van der Waals surface area contributed by atoms with Crippen molar-refractivity contribution in [2.75, 3.05) is 27.4 Å². The highest BCUT2D eigenvalue weighted by Crippen LogP contribution is 2.37. The van der Waals surface area contributed by atoms with E-state index in [1.165, 1.54) is 0 Å². The normalized spacial score (nSPS) is 20.2. The fourth-order valence-corrected chi connectivity index (χ4v) is 2.84. The Morgan fingerprint density at radius 1 is 0.808 bits per heavy atom. The average Bonchev–Trinajstić information content (AvgIpc) is 2.71. The van der Waals surface area contributed by atoms with E-state index in [0.29, 0.717) is 34.5 Å². The van der Waals surface area contributed by atoms with Gasteiger partial charge in [-0.25, -0.2) is 0 Å². The van der Waals surface area contributed by atoms with Crippen molar-refractivity contribution in [3.63, 3.8) is 0 Å². The molecule has 0 bridgehead atoms. The van der Waals surface area contributed by atoms with Crippen molar-refractivity contribution in [2.45, 2.75) is 12.2 Å². The molecule has 2 unspecified atom stereocenters. The molecule has 4 rings (SSSR count). The van der Waals surface area contributed by atoms with Crippen LogP contribution in [0.3, 0.4) is 0 Å². The fraction of sp³-hybridized carbons (Fsp3) is 0.316. The predicted molar refractivity (Wildman–Crippen MR) is 90.8 cm³/mol. The molecule has 0 saturated heterocycles. The average molecular weight is 358 g/mol. The molecule has 26 heavy (non-hydrogen) atoms. The Balaban J connectivity index is 1.46. The van der Waals surface area contributed by atoms with Gasteiger partial charge in [-0.15, -0.1) is 0 Å². The second-order valence-corrected chi connectivity index (χ2v) is 5.86. The van der Waals surface area contributed by atoms with Gasteiger partial charge in [-0.3, -0.25) is 4.79 Å². The maximum atomic E-state index is 12.8. The van der Waals surface area contributed by atoms with Crippen molar-refractivity contribution in [2.24, 2.45) is 0 Å². The second kappa shape index (κ2) is 6.67. The van der Waals surface area contributed by atoms with Crippen LogP contribution in [0.4, 0.5) is 0 Å². The summed E-state index contributed by atoms with van der Waals surface area (Å²) in [5.74, 6) is 3.18. The Kier molecular flexibility index (Phi) is 4.20. The van der Waals surface area contributed by atoms with E-state index >= 15 is 0 Å². The molecule has 0 amide bonds. The van der Waals surface area contributed by atoms with E-state index in [1.54, 1.807) is 50.6 Å². The van der Waals surface area contributed by atoms with E-state index in [9.17, 15) is 4.79 Å². The number of hydrogen-bond donors (Lipinski definition) is 0. The number of hydrogen-bond acceptors (Lipinski definition) is 7. The van der Waals surface area contributed by atoms with Gasteiger partial charge in [0, 0.05) is 12.1 Å². The molecule has 2 aromatic carbocycles. The summed E-state index contributed by atoms with van der Waals surface area (Å²) in [5, 5.41) is 0. The summed E-state index contributed by atoms with van der Waals surface area (Å²) in [5.41, 5.74) is 0. The smallest absolute Gasteiger partial charge is 0.220 e. The lowest BCUT2D eigenvalue weighted by atomic mass is 10.1. The summed E-state index contributed by atoms with van der Waals surface area (Å²) in [7, 11) is 3.15. The highest BCUT2D eigenvalue weighted by molar-refractivity contribution is 5.89. The molecule has 136 valence electrons. The van der Waals surface area contributed by atoms with Crippen LogP contribution in [0.1, 0.15) is 0 Å². The molecule has 2 atom stereocenters. The molecule has 2 heterocycles. The standard InChI is InChI=1S/C19H18O7/c1-21-11-3-5-13-15(7-11)23-9-17(25-13)19(20)18-10-24-16-8-12(22-2)4-6-14(16)26-18/h3-8,17-18H,9-10H2,1-2H3. The van der Waals surface area contributed by atoms with Crippen LogP contribution in [0.15, 0.2) is 36.4 Å². The van der Waals surface area contributed by atoms with Crippen LogP contribution < -0.4 is 28.4 Å². The van der Waals surface area contributed by atoms with Crippen LogP contribution in [0.5, 0.6) is 34.5 Å². The SMILES string of the molecule is COc1ccc2c(c1)OCC(C(=O)C1COc3cc(OC)ccc3O1)O2. The van der Waals surface area contributed by atoms with Crippen molar-refractivity contribution in [1.29, 1.82) is 0 Å². The van der Waals surface area contributed by atoms with Crippen LogP contribution in [0.2, 0.25) is 0 Å². The van der Waals surface area contributed by atoms with Gasteiger partial charge in [0.15, 0.2) is 35.2 Å². The quantitative estimate of drug-likeness (QED) is 0.830. The zero-order valence-corrected chi connectivity index (χ0v) is 14.4. The van der Waals surface area contributed by atoms with Gasteiger partial charge in [-0.1, -0.05) is 0 Å². The van der Waals surface area contributed by atoms with Crippen LogP contribution >= 0.6 is 0 Å². The predicted octanol–water partition coefficient (Wildman–Crippen LogP) is 2.25. The van der Waals surface area contributed by atoms with Crippen molar-refractivity contribution >= 4 is 5.78 Å². The third kappa shape index (κ3) is 2.96. The van der Waals surface area contributed by atoms with E-state index in [4.69, 9.17) is 28.4 Å². The molecule has 7 heteroatoms. The van der Waals surface area contributed by atoms with Crippen molar-refractivity contribution < 1.29 is 33.2 Å². The van der Waals surface area contributed by atoms with Gasteiger partial charge in [0.2, 0.25) is 5.78 Å². The molecule has 0 spiro atoms. The molecule has 2 aromatic rings. The molecule has 2 aliphatic heterocycles. The van der Waals surface area contributed by atoms with Gasteiger partial charge < -0.3 is 28.4 Å². The lowest BCUT2D eigenvalue weighted by molar-refractivity contribution is -0.137. The van der Waals surface area contributed by atoms with Crippen LogP contribution in [0.25, 0.3) is 0 Å². The summed E-state index contributed by atoms with van der Waals surface area (Å²) in [4.78, 5) is 12.8. The second-order valence-electron chi connectivity index (χ2n) is 5.86. The van der Waals surface area contributed by atoms with Gasteiger partial charge in [0.1, 0.15) is 24.7 Å². The number of benzene rings is 2. The number of Topliss-reactive ketones (excluding diaryl/α,β-unsaturated/α-hetero) is 1. The zero-order valence-electron chi connectivity index (χ0n) is 14.4. The number of fused-ring (bicyclic) bond motifs is 2. The lowest BCUT2D eigenvalue weighted by Gasteiger charge is -2.31. The summed E-state index contributed by atoms with van der Waals surface area (Å²) >= 11 is 0. The Labute approximate surface area is 150 Å². The largest absolute Gasteiger partial charge is 0.497 e. The van der Waals surface area contributed by atoms with E-state index in [2.05, 4.69) is 0 Å². The number of ketones is 1. The van der Waals surface area contributed by atoms with Crippen molar-refractivity contribution in [1.82, 2.24) is 0 Å². The first-order valence-electron chi connectivity index (χ1n) is 8.16. The minimum absolute atomic E-state index is 0.105. The number of carbonyl (C=O) groups is 1. The Bertz CT molecular complexity index is 765. The van der Waals surface area contributed by atoms with Crippen LogP contribution in [-0.2, 0) is 4.79 Å². The van der Waals surface area contributed by atoms with E-state index in [0.717, 1.165) is 0 Å². The summed E-state index contributed by atoms with van der Waals surface area (Å²) in [6.45, 7) is 0.211. The molecule has 7 nitrogen and oxygen atoms in total. The molecular weight excluding hydrogens is 340 g/mol. The lowest BCUT2D eigenvalue weighted by Crippen LogP contribution is -2.48. The topological polar surface area (TPSA) is 72.5 Å². The van der Waals surface area contributed by atoms with Crippen molar-refractivity contribution in [3.8, 4) is 34.5 Å². The first-order chi connectivity index (χ1) is 12.7. The third-order valence-corrected chi connectivity index (χ3v) is 4.26. The number of carbonyl (C=O) groups excluding carboxylic acids is 1. The zero-order chi connectivity index (χ0) is 18.1. The molecule has 0 fully saturated rings. The molecule has 0 aromatic heterocycles. The molecule has 0 N–H and O–H groups in total. The Hall–Kier alpha value is -3.09. The highest BCUT2D eigenvalue weighted by atomic mass is 16.6. The summed E-state index contributed by atoms with van der Waals surface area (Å²) in [6, 6.07) is 10.4. The maximum absolute atomic E-state index is 12.8. The van der Waals surface area contributed by atoms with Gasteiger partial charge in [0.05, 0.1) is 14.2 Å². The van der Waals surface area contributed by atoms with Gasteiger partial charge in [-0.2, -0.15) is 0 Å². The molecule has 0 saturated carbocycles. The number of methoxy groups -OCH3 is 2. The van der Waals surface area contributed by atoms with Crippen molar-refractivity contribution in [3.05, 3.63) is 36.4 Å². The third-order valence-electron chi connectivity index (χ3n) is 4.26. The molecule has 2 aliphatic rings. The number of ether oxygens (including phenoxy) is 6. The number of rotatable bonds is 4. The highest BCUT2D eigenvalue weighted by Gasteiger charge is 2.37. The van der Waals surface area contributed by atoms with E-state index < -0.39 is 12.2 Å². The van der Waals surface area contributed by atoms with Crippen LogP contribution in [-0.4, -0.2) is 45.4 Å². The molecule has 0 aliphatic carbocycles. The Morgan fingerprint density at radius 2 is 1.27 bits per heavy atom. The minimum Gasteiger partial charge on any atom is -0.497 e. The minimum atomic E-state index is -0.760. The summed E-state index contributed by atoms with van der Waals surface area (Å²) < 4.78 is 33.2. The first kappa shape index (κ1) is 16.4. The van der Waals surface area contributed by atoms with E-state index in [-0.39, 0.29) is 19.0 Å². The molecular formula is C19H18O7. The summed E-state index contributed by atoms with van der Waals surface area (Å²) in [6.07, 6.45) is -1.52. The van der Waals surface area contributed by atoms with Gasteiger partial charge >= 0.3 is 0 Å². The first-order valence-corrected chi connectivity index (χ1v) is 8.16. The maximum Gasteiger partial charge on any atom is 0.220 e. The van der Waals surface area contributed by atoms with Crippen LogP contribution in [0, 0.1) is 0 Å².